The van der Waals surface area contributed by atoms with Gasteiger partial charge in [0.2, 0.25) is 11.8 Å². The summed E-state index contributed by atoms with van der Waals surface area (Å²) >= 11 is 0. The maximum atomic E-state index is 12.0. The minimum atomic E-state index is -0.320. The molecule has 0 aliphatic carbocycles. The van der Waals surface area contributed by atoms with E-state index < -0.39 is 0 Å². The summed E-state index contributed by atoms with van der Waals surface area (Å²) in [7, 11) is 3.49. The van der Waals surface area contributed by atoms with Gasteiger partial charge in [-0.15, -0.1) is 0 Å². The monoisotopic (exact) mass is 242 g/mol. The third-order valence-electron chi connectivity index (χ3n) is 3.07. The van der Waals surface area contributed by atoms with Gasteiger partial charge in [-0.05, 0) is 0 Å². The zero-order chi connectivity index (χ0) is 13.0. The van der Waals surface area contributed by atoms with Gasteiger partial charge in [-0.1, -0.05) is 6.92 Å². The van der Waals surface area contributed by atoms with E-state index >= 15 is 0 Å². The first-order chi connectivity index (χ1) is 7.93. The van der Waals surface area contributed by atoms with Crippen molar-refractivity contribution in [3.8, 4) is 0 Å². The van der Waals surface area contributed by atoms with Crippen molar-refractivity contribution in [1.82, 2.24) is 15.1 Å². The van der Waals surface area contributed by atoms with Gasteiger partial charge in [-0.2, -0.15) is 0 Å². The second-order valence-electron chi connectivity index (χ2n) is 4.75. The standard InChI is InChI=1S/C11H22N4O2/c1-8(10(12)16)7-15-5-4-13-6-9(15)11(17)14(2)3/h8-9,13H,4-7H2,1-3H3,(H2,12,16). The maximum absolute atomic E-state index is 12.0. The zero-order valence-electron chi connectivity index (χ0n) is 10.8. The fourth-order valence-corrected chi connectivity index (χ4v) is 1.95. The Morgan fingerprint density at radius 3 is 2.71 bits per heavy atom. The fourth-order valence-electron chi connectivity index (χ4n) is 1.95. The predicted octanol–water partition coefficient (Wildman–Crippen LogP) is -1.53. The number of nitrogens with two attached hydrogens (primary N) is 1. The molecule has 6 nitrogen and oxygen atoms in total. The molecule has 0 radical (unpaired) electrons. The van der Waals surface area contributed by atoms with Crippen molar-refractivity contribution in [3.63, 3.8) is 0 Å². The van der Waals surface area contributed by atoms with Crippen LogP contribution in [0.2, 0.25) is 0 Å². The summed E-state index contributed by atoms with van der Waals surface area (Å²) in [4.78, 5) is 26.7. The molecule has 1 rings (SSSR count). The molecule has 1 heterocycles. The van der Waals surface area contributed by atoms with Gasteiger partial charge in [-0.3, -0.25) is 14.5 Å². The molecule has 0 aromatic carbocycles. The average Bonchev–Trinajstić information content (AvgIpc) is 2.28. The van der Waals surface area contributed by atoms with Crippen molar-refractivity contribution in [2.24, 2.45) is 11.7 Å². The fraction of sp³-hybridized carbons (Fsp3) is 0.818. The molecule has 1 aliphatic heterocycles. The summed E-state index contributed by atoms with van der Waals surface area (Å²) in [5.41, 5.74) is 5.26. The molecule has 0 spiro atoms. The molecule has 0 bridgehead atoms. The number of carbonyl (C=O) groups excluding carboxylic acids is 2. The summed E-state index contributed by atoms with van der Waals surface area (Å²) < 4.78 is 0. The molecule has 17 heavy (non-hydrogen) atoms. The molecule has 98 valence electrons. The molecule has 2 atom stereocenters. The van der Waals surface area contributed by atoms with Gasteiger partial charge < -0.3 is 16.0 Å². The van der Waals surface area contributed by atoms with Gasteiger partial charge in [0.05, 0.1) is 0 Å². The molecule has 2 unspecified atom stereocenters. The Kier molecular flexibility index (Phi) is 4.89. The molecule has 3 N–H and O–H groups in total. The molecule has 6 heteroatoms. The lowest BCUT2D eigenvalue weighted by molar-refractivity contribution is -0.136. The highest BCUT2D eigenvalue weighted by Gasteiger charge is 2.31. The highest BCUT2D eigenvalue weighted by molar-refractivity contribution is 5.82. The lowest BCUT2D eigenvalue weighted by Gasteiger charge is -2.37. The van der Waals surface area contributed by atoms with Crippen molar-refractivity contribution in [1.29, 1.82) is 0 Å². The highest BCUT2D eigenvalue weighted by Crippen LogP contribution is 2.09. The quantitative estimate of drug-likeness (QED) is 0.627. The average molecular weight is 242 g/mol. The maximum Gasteiger partial charge on any atom is 0.240 e. The molecule has 0 aromatic rings. The van der Waals surface area contributed by atoms with E-state index in [4.69, 9.17) is 5.73 Å². The van der Waals surface area contributed by atoms with E-state index in [0.717, 1.165) is 13.1 Å². The van der Waals surface area contributed by atoms with Crippen LogP contribution in [0, 0.1) is 5.92 Å². The van der Waals surface area contributed by atoms with E-state index in [1.165, 1.54) is 0 Å². The van der Waals surface area contributed by atoms with Crippen LogP contribution in [0.4, 0.5) is 0 Å². The number of piperazine rings is 1. The SMILES string of the molecule is CC(CN1CCNCC1C(=O)N(C)C)C(N)=O. The summed E-state index contributed by atoms with van der Waals surface area (Å²) in [5.74, 6) is -0.487. The van der Waals surface area contributed by atoms with Gasteiger partial charge >= 0.3 is 0 Å². The second-order valence-corrected chi connectivity index (χ2v) is 4.75. The van der Waals surface area contributed by atoms with Gasteiger partial charge in [-0.25, -0.2) is 0 Å². The third kappa shape index (κ3) is 3.67. The molecule has 0 aromatic heterocycles. The van der Waals surface area contributed by atoms with E-state index in [1.54, 1.807) is 25.9 Å². The molecule has 1 saturated heterocycles. The Bertz CT molecular complexity index is 293. The molecular formula is C11H22N4O2. The number of nitrogens with zero attached hydrogens (tertiary/aromatic N) is 2. The number of hydrogen-bond donors (Lipinski definition) is 2. The highest BCUT2D eigenvalue weighted by atomic mass is 16.2. The number of rotatable bonds is 4. The van der Waals surface area contributed by atoms with Crippen molar-refractivity contribution >= 4 is 11.8 Å². The Labute approximate surface area is 102 Å². The second kappa shape index (κ2) is 5.97. The topological polar surface area (TPSA) is 78.7 Å². The van der Waals surface area contributed by atoms with E-state index in [0.29, 0.717) is 13.1 Å². The Morgan fingerprint density at radius 2 is 2.18 bits per heavy atom. The van der Waals surface area contributed by atoms with Crippen LogP contribution in [0.3, 0.4) is 0 Å². The number of likely N-dealkylation sites (N-methyl/N-ethyl adjacent to an activating group) is 1. The summed E-state index contributed by atoms with van der Waals surface area (Å²) in [6.45, 7) is 4.57. The van der Waals surface area contributed by atoms with Gasteiger partial charge in [0.25, 0.3) is 0 Å². The van der Waals surface area contributed by atoms with Gasteiger partial charge in [0.15, 0.2) is 0 Å². The normalized spacial score (nSPS) is 23.1. The van der Waals surface area contributed by atoms with Crippen LogP contribution < -0.4 is 11.1 Å². The van der Waals surface area contributed by atoms with Crippen molar-refractivity contribution in [3.05, 3.63) is 0 Å². The number of carbonyl (C=O) groups is 2. The van der Waals surface area contributed by atoms with Crippen molar-refractivity contribution < 1.29 is 9.59 Å². The number of primary amides is 1. The van der Waals surface area contributed by atoms with Crippen LogP contribution in [0.1, 0.15) is 6.92 Å². The van der Waals surface area contributed by atoms with Crippen LogP contribution in [0.25, 0.3) is 0 Å². The Balaban J connectivity index is 2.66. The Morgan fingerprint density at radius 1 is 1.53 bits per heavy atom. The molecular weight excluding hydrogens is 220 g/mol. The van der Waals surface area contributed by atoms with Crippen LogP contribution >= 0.6 is 0 Å². The Hall–Kier alpha value is -1.14. The van der Waals surface area contributed by atoms with E-state index in [1.807, 2.05) is 4.90 Å². The lowest BCUT2D eigenvalue weighted by atomic mass is 10.1. The number of hydrogen-bond acceptors (Lipinski definition) is 4. The summed E-state index contributed by atoms with van der Waals surface area (Å²) in [6, 6.07) is -0.194. The minimum Gasteiger partial charge on any atom is -0.369 e. The largest absolute Gasteiger partial charge is 0.369 e. The van der Waals surface area contributed by atoms with Gasteiger partial charge in [0, 0.05) is 46.2 Å². The van der Waals surface area contributed by atoms with Crippen molar-refractivity contribution in [2.45, 2.75) is 13.0 Å². The van der Waals surface area contributed by atoms with Gasteiger partial charge in [0.1, 0.15) is 6.04 Å². The summed E-state index contributed by atoms with van der Waals surface area (Å²) in [5, 5.41) is 3.20. The number of nitrogens with one attached hydrogen (secondary N) is 1. The summed E-state index contributed by atoms with van der Waals surface area (Å²) in [6.07, 6.45) is 0. The van der Waals surface area contributed by atoms with E-state index in [2.05, 4.69) is 5.32 Å². The number of amides is 2. The first kappa shape index (κ1) is 13.9. The zero-order valence-corrected chi connectivity index (χ0v) is 10.8. The first-order valence-electron chi connectivity index (χ1n) is 5.88. The lowest BCUT2D eigenvalue weighted by Crippen LogP contribution is -2.58. The van der Waals surface area contributed by atoms with E-state index in [-0.39, 0.29) is 23.8 Å². The van der Waals surface area contributed by atoms with Crippen LogP contribution in [-0.2, 0) is 9.59 Å². The smallest absolute Gasteiger partial charge is 0.240 e. The predicted molar refractivity (Wildman–Crippen MR) is 65.3 cm³/mol. The molecule has 1 fully saturated rings. The molecule has 2 amide bonds. The molecule has 0 saturated carbocycles. The van der Waals surface area contributed by atoms with Crippen LogP contribution in [0.5, 0.6) is 0 Å². The molecule has 1 aliphatic rings. The third-order valence-corrected chi connectivity index (χ3v) is 3.07. The van der Waals surface area contributed by atoms with Crippen molar-refractivity contribution in [2.75, 3.05) is 40.3 Å². The van der Waals surface area contributed by atoms with Crippen LogP contribution in [0.15, 0.2) is 0 Å². The minimum absolute atomic E-state index is 0.0638. The van der Waals surface area contributed by atoms with Crippen LogP contribution in [-0.4, -0.2) is 67.9 Å². The first-order valence-corrected chi connectivity index (χ1v) is 5.88. The van der Waals surface area contributed by atoms with E-state index in [9.17, 15) is 9.59 Å².